The monoisotopic (exact) mass is 889 g/mol. The molecule has 0 spiro atoms. The highest BCUT2D eigenvalue weighted by atomic mass is 14.2. The smallest absolute Gasteiger partial charge is 0.00212 e. The van der Waals surface area contributed by atoms with Crippen molar-refractivity contribution in [2.45, 2.75) is 236 Å². The summed E-state index contributed by atoms with van der Waals surface area (Å²) in [5, 5.41) is 14.5. The highest BCUT2D eigenvalue weighted by molar-refractivity contribution is 6.25. The summed E-state index contributed by atoms with van der Waals surface area (Å²) in [4.78, 5) is 0. The topological polar surface area (TPSA) is 0 Å². The van der Waals surface area contributed by atoms with Crippen LogP contribution >= 0.6 is 0 Å². The third-order valence-corrected chi connectivity index (χ3v) is 14.1. The average molecular weight is 889 g/mol. The lowest BCUT2D eigenvalue weighted by Crippen LogP contribution is -1.97. The molecule has 0 heterocycles. The minimum atomic E-state index is 1.22. The van der Waals surface area contributed by atoms with Gasteiger partial charge in [0.05, 0.1) is 0 Å². The number of aryl methyl sites for hydroxylation is 6. The Morgan fingerprint density at radius 1 is 0.258 bits per heavy atom. The number of benzene rings is 7. The van der Waals surface area contributed by atoms with E-state index in [1.54, 1.807) is 21.9 Å². The molecule has 0 aliphatic heterocycles. The van der Waals surface area contributed by atoms with Crippen LogP contribution in [0.1, 0.15) is 229 Å². The van der Waals surface area contributed by atoms with Crippen molar-refractivity contribution in [3.63, 3.8) is 0 Å². The van der Waals surface area contributed by atoms with Gasteiger partial charge < -0.3 is 0 Å². The van der Waals surface area contributed by atoms with E-state index in [2.05, 4.69) is 154 Å². The van der Waals surface area contributed by atoms with Gasteiger partial charge in [0.15, 0.2) is 0 Å². The summed E-state index contributed by atoms with van der Waals surface area (Å²) >= 11 is 0. The molecule has 7 aromatic rings. The Labute approximate surface area is 406 Å². The third-order valence-electron chi connectivity index (χ3n) is 14.1. The Bertz CT molecular complexity index is 2220. The van der Waals surface area contributed by atoms with Crippen LogP contribution in [0.15, 0.2) is 84.9 Å². The molecule has 0 saturated heterocycles. The molecular formula is C66H96. The minimum absolute atomic E-state index is 1.22. The summed E-state index contributed by atoms with van der Waals surface area (Å²) in [7, 11) is 0. The van der Waals surface area contributed by atoms with Gasteiger partial charge in [0, 0.05) is 0 Å². The highest BCUT2D eigenvalue weighted by Gasteiger charge is 2.16. The zero-order chi connectivity index (χ0) is 47.5. The van der Waals surface area contributed by atoms with E-state index in [1.807, 2.05) is 0 Å². The quantitative estimate of drug-likeness (QED) is 0.0419. The first-order valence-corrected chi connectivity index (χ1v) is 27.8. The van der Waals surface area contributed by atoms with Crippen LogP contribution in [0.25, 0.3) is 53.9 Å². The van der Waals surface area contributed by atoms with Crippen LogP contribution in [0.2, 0.25) is 0 Å². The molecule has 0 nitrogen and oxygen atoms in total. The minimum Gasteiger partial charge on any atom is -0.0656 e. The summed E-state index contributed by atoms with van der Waals surface area (Å²) in [6.07, 6.45) is 35.8. The second kappa shape index (κ2) is 31.2. The lowest BCUT2D eigenvalue weighted by molar-refractivity contribution is 0.556. The Kier molecular flexibility index (Phi) is 25.9. The molecule has 360 valence electrons. The molecule has 0 aromatic heterocycles. The summed E-state index contributed by atoms with van der Waals surface area (Å²) in [6, 6.07) is 32.3. The molecule has 0 fully saturated rings. The molecule has 0 saturated carbocycles. The van der Waals surface area contributed by atoms with E-state index in [4.69, 9.17) is 0 Å². The summed E-state index contributed by atoms with van der Waals surface area (Å²) < 4.78 is 0. The molecule has 66 heavy (non-hydrogen) atoms. The predicted octanol–water partition coefficient (Wildman–Crippen LogP) is 22.4. The molecule has 0 atom stereocenters. The van der Waals surface area contributed by atoms with Crippen LogP contribution in [0.3, 0.4) is 0 Å². The summed E-state index contributed by atoms with van der Waals surface area (Å²) in [6.45, 7) is 22.3. The lowest BCUT2D eigenvalue weighted by atomic mass is 9.85. The SMILES string of the molecule is CCC.CCCCC.CCCCCCCCCCCCc1cc(C)c2ccc3c(C)cc(CCCCCCCCCCCC)c4ccc1c2c34.Cc1cccc2c1ccc1c(C)cccc12. The van der Waals surface area contributed by atoms with E-state index in [0.717, 1.165) is 0 Å². The molecule has 0 heteroatoms. The van der Waals surface area contributed by atoms with Gasteiger partial charge in [-0.2, -0.15) is 0 Å². The standard InChI is InChI=1S/C42H62.C16H14.C5H12.C3H8/c1-5-7-9-11-13-15-17-19-21-23-25-35-31-33(3)37-27-28-38-34(4)32-36(40-30-29-39(35)41(37)42(38)40)26-24-22-20-18-16-14-12-10-8-6-2;1-11-5-3-7-15-13(11)9-10-14-12(2)6-4-8-16(14)15;1-3-5-4-2;1-3-2/h27-32H,5-26H2,1-4H3;3-10H,1-2H3;3-5H2,1-2H3;3H2,1-2H3. The second-order valence-corrected chi connectivity index (χ2v) is 20.1. The van der Waals surface area contributed by atoms with Gasteiger partial charge in [-0.1, -0.05) is 268 Å². The maximum Gasteiger partial charge on any atom is -0.00212 e. The maximum atomic E-state index is 2.51. The Morgan fingerprint density at radius 3 is 0.864 bits per heavy atom. The van der Waals surface area contributed by atoms with Crippen molar-refractivity contribution in [3.8, 4) is 0 Å². The zero-order valence-electron chi connectivity index (χ0n) is 44.5. The molecule has 7 rings (SSSR count). The van der Waals surface area contributed by atoms with E-state index in [0.29, 0.717) is 0 Å². The molecular weight excluding hydrogens is 793 g/mol. The van der Waals surface area contributed by atoms with E-state index in [-0.39, 0.29) is 0 Å². The normalized spacial score (nSPS) is 11.2. The van der Waals surface area contributed by atoms with Gasteiger partial charge >= 0.3 is 0 Å². The van der Waals surface area contributed by atoms with Crippen LogP contribution in [0.4, 0.5) is 0 Å². The molecule has 7 aromatic carbocycles. The average Bonchev–Trinajstić information content (AvgIpc) is 3.32. The van der Waals surface area contributed by atoms with Gasteiger partial charge in [0.1, 0.15) is 0 Å². The number of unbranched alkanes of at least 4 members (excludes halogenated alkanes) is 20. The van der Waals surface area contributed by atoms with Crippen molar-refractivity contribution in [2.24, 2.45) is 0 Å². The number of hydrogen-bond acceptors (Lipinski definition) is 0. The van der Waals surface area contributed by atoms with Crippen molar-refractivity contribution in [2.75, 3.05) is 0 Å². The second-order valence-electron chi connectivity index (χ2n) is 20.1. The fraction of sp³-hybridized carbons (Fsp3) is 0.545. The summed E-state index contributed by atoms with van der Waals surface area (Å²) in [5.41, 5.74) is 8.76. The van der Waals surface area contributed by atoms with Crippen molar-refractivity contribution in [1.29, 1.82) is 0 Å². The van der Waals surface area contributed by atoms with Crippen molar-refractivity contribution < 1.29 is 0 Å². The van der Waals surface area contributed by atoms with E-state index >= 15 is 0 Å². The van der Waals surface area contributed by atoms with E-state index in [9.17, 15) is 0 Å². The first kappa shape index (κ1) is 54.7. The number of hydrogen-bond donors (Lipinski definition) is 0. The van der Waals surface area contributed by atoms with Crippen molar-refractivity contribution in [1.82, 2.24) is 0 Å². The van der Waals surface area contributed by atoms with E-state index < -0.39 is 0 Å². The fourth-order valence-corrected chi connectivity index (χ4v) is 10.3. The molecule has 0 aliphatic carbocycles. The Morgan fingerprint density at radius 2 is 0.545 bits per heavy atom. The van der Waals surface area contributed by atoms with Crippen molar-refractivity contribution >= 4 is 53.9 Å². The number of rotatable bonds is 24. The molecule has 0 aliphatic rings. The largest absolute Gasteiger partial charge is 0.0656 e. The van der Waals surface area contributed by atoms with Crippen LogP contribution in [0, 0.1) is 27.7 Å². The van der Waals surface area contributed by atoms with Crippen LogP contribution < -0.4 is 0 Å². The van der Waals surface area contributed by atoms with E-state index in [1.165, 1.54) is 232 Å². The van der Waals surface area contributed by atoms with Crippen LogP contribution in [0.5, 0.6) is 0 Å². The lowest BCUT2D eigenvalue weighted by Gasteiger charge is -2.19. The zero-order valence-corrected chi connectivity index (χ0v) is 44.5. The van der Waals surface area contributed by atoms with Crippen LogP contribution in [-0.4, -0.2) is 0 Å². The fourth-order valence-electron chi connectivity index (χ4n) is 10.3. The first-order valence-electron chi connectivity index (χ1n) is 27.8. The van der Waals surface area contributed by atoms with Gasteiger partial charge in [0.2, 0.25) is 0 Å². The Hall–Kier alpha value is -3.90. The number of fused-ring (bicyclic) bond motifs is 3. The highest BCUT2D eigenvalue weighted by Crippen LogP contribution is 2.41. The predicted molar refractivity (Wildman–Crippen MR) is 303 cm³/mol. The molecule has 0 amide bonds. The molecule has 0 radical (unpaired) electrons. The summed E-state index contributed by atoms with van der Waals surface area (Å²) in [5.74, 6) is 0. The van der Waals surface area contributed by atoms with Gasteiger partial charge in [-0.05, 0) is 141 Å². The molecule has 0 unspecified atom stereocenters. The van der Waals surface area contributed by atoms with Gasteiger partial charge in [-0.3, -0.25) is 0 Å². The first-order chi connectivity index (χ1) is 32.3. The Balaban J connectivity index is 0.000000322. The van der Waals surface area contributed by atoms with Gasteiger partial charge in [-0.25, -0.2) is 0 Å². The maximum absolute atomic E-state index is 2.51. The van der Waals surface area contributed by atoms with Crippen LogP contribution in [-0.2, 0) is 12.8 Å². The van der Waals surface area contributed by atoms with Gasteiger partial charge in [0.25, 0.3) is 0 Å². The van der Waals surface area contributed by atoms with Gasteiger partial charge in [-0.15, -0.1) is 0 Å². The molecule has 0 bridgehead atoms. The third kappa shape index (κ3) is 16.4. The molecule has 0 N–H and O–H groups in total. The van der Waals surface area contributed by atoms with Crippen molar-refractivity contribution in [3.05, 3.63) is 118 Å².